The van der Waals surface area contributed by atoms with Gasteiger partial charge in [-0.05, 0) is 12.1 Å². The molecule has 4 N–H and O–H groups in total. The number of aromatic amines is 1. The van der Waals surface area contributed by atoms with E-state index in [1.165, 1.54) is 6.07 Å². The lowest BCUT2D eigenvalue weighted by atomic mass is 10.1. The number of rotatable bonds is 1. The van der Waals surface area contributed by atoms with Crippen molar-refractivity contribution in [1.29, 1.82) is 0 Å². The van der Waals surface area contributed by atoms with Crippen molar-refractivity contribution < 1.29 is 5.11 Å². The van der Waals surface area contributed by atoms with Crippen LogP contribution in [0.3, 0.4) is 0 Å². The van der Waals surface area contributed by atoms with Gasteiger partial charge in [0.2, 0.25) is 0 Å². The Bertz CT molecular complexity index is 579. The molecule has 0 bridgehead atoms. The third kappa shape index (κ3) is 1.55. The predicted molar refractivity (Wildman–Crippen MR) is 56.9 cm³/mol. The summed E-state index contributed by atoms with van der Waals surface area (Å²) in [5.74, 6) is -0.171. The van der Waals surface area contributed by atoms with Gasteiger partial charge >= 0.3 is 0 Å². The largest absolute Gasteiger partial charge is 0.507 e. The van der Waals surface area contributed by atoms with Gasteiger partial charge < -0.3 is 10.8 Å². The standard InChI is InChI=1S/C9H8ClN3O2/c10-4-1-5-6(3-11)12-13-9(15)8(5)7(14)2-4/h1-2,14H,3,11H2,(H,13,15). The fraction of sp³-hybridized carbons (Fsp3) is 0.111. The van der Waals surface area contributed by atoms with Crippen LogP contribution in [-0.2, 0) is 6.54 Å². The summed E-state index contributed by atoms with van der Waals surface area (Å²) in [7, 11) is 0. The second-order valence-corrected chi connectivity index (χ2v) is 3.49. The first-order chi connectivity index (χ1) is 7.13. The van der Waals surface area contributed by atoms with Gasteiger partial charge in [0.15, 0.2) is 0 Å². The Morgan fingerprint density at radius 1 is 1.53 bits per heavy atom. The van der Waals surface area contributed by atoms with Crippen LogP contribution in [0.25, 0.3) is 10.8 Å². The molecule has 6 heteroatoms. The van der Waals surface area contributed by atoms with Crippen LogP contribution in [0.15, 0.2) is 16.9 Å². The minimum Gasteiger partial charge on any atom is -0.507 e. The van der Waals surface area contributed by atoms with E-state index in [0.717, 1.165) is 0 Å². The number of benzene rings is 1. The molecule has 0 aliphatic rings. The zero-order valence-corrected chi connectivity index (χ0v) is 8.38. The lowest BCUT2D eigenvalue weighted by Gasteiger charge is -2.04. The van der Waals surface area contributed by atoms with Crippen molar-refractivity contribution in [2.45, 2.75) is 6.54 Å². The van der Waals surface area contributed by atoms with Gasteiger partial charge in [0.1, 0.15) is 5.75 Å². The van der Waals surface area contributed by atoms with Crippen molar-refractivity contribution >= 4 is 22.4 Å². The fourth-order valence-corrected chi connectivity index (χ4v) is 1.66. The van der Waals surface area contributed by atoms with E-state index in [9.17, 15) is 9.90 Å². The normalized spacial score (nSPS) is 10.8. The molecule has 2 aromatic rings. The van der Waals surface area contributed by atoms with Crippen molar-refractivity contribution in [3.63, 3.8) is 0 Å². The van der Waals surface area contributed by atoms with Crippen molar-refractivity contribution in [3.05, 3.63) is 33.2 Å². The molecule has 0 fully saturated rings. The highest BCUT2D eigenvalue weighted by molar-refractivity contribution is 6.31. The number of phenolic OH excluding ortho intramolecular Hbond substituents is 1. The Kier molecular flexibility index (Phi) is 2.34. The van der Waals surface area contributed by atoms with Gasteiger partial charge in [0.25, 0.3) is 5.56 Å². The number of aromatic hydroxyl groups is 1. The van der Waals surface area contributed by atoms with Crippen LogP contribution in [0.1, 0.15) is 5.69 Å². The second kappa shape index (κ2) is 3.52. The summed E-state index contributed by atoms with van der Waals surface area (Å²) >= 11 is 5.76. The summed E-state index contributed by atoms with van der Waals surface area (Å²) in [6, 6.07) is 2.86. The van der Waals surface area contributed by atoms with Crippen LogP contribution in [-0.4, -0.2) is 15.3 Å². The van der Waals surface area contributed by atoms with E-state index in [-0.39, 0.29) is 17.7 Å². The van der Waals surface area contributed by atoms with E-state index in [2.05, 4.69) is 10.2 Å². The van der Waals surface area contributed by atoms with Crippen molar-refractivity contribution in [2.75, 3.05) is 0 Å². The SMILES string of the molecule is NCc1n[nH]c(=O)c2c(O)cc(Cl)cc12. The number of hydrogen-bond acceptors (Lipinski definition) is 4. The first-order valence-electron chi connectivity index (χ1n) is 4.23. The quantitative estimate of drug-likeness (QED) is 0.668. The Balaban J connectivity index is 3.00. The maximum Gasteiger partial charge on any atom is 0.275 e. The van der Waals surface area contributed by atoms with E-state index >= 15 is 0 Å². The molecule has 1 aromatic carbocycles. The smallest absolute Gasteiger partial charge is 0.275 e. The van der Waals surface area contributed by atoms with Crippen molar-refractivity contribution in [3.8, 4) is 5.75 Å². The number of phenols is 1. The third-order valence-electron chi connectivity index (χ3n) is 2.11. The summed E-state index contributed by atoms with van der Waals surface area (Å²) in [6.45, 7) is 0.160. The molecule has 0 aliphatic heterocycles. The zero-order chi connectivity index (χ0) is 11.0. The third-order valence-corrected chi connectivity index (χ3v) is 2.32. The lowest BCUT2D eigenvalue weighted by molar-refractivity contribution is 0.481. The fourth-order valence-electron chi connectivity index (χ4n) is 1.45. The van der Waals surface area contributed by atoms with Crippen LogP contribution in [0, 0.1) is 0 Å². The summed E-state index contributed by atoms with van der Waals surface area (Å²) in [5, 5.41) is 16.6. The van der Waals surface area contributed by atoms with Gasteiger partial charge in [-0.1, -0.05) is 11.6 Å². The predicted octanol–water partition coefficient (Wildman–Crippen LogP) is 0.741. The maximum atomic E-state index is 11.4. The summed E-state index contributed by atoms with van der Waals surface area (Å²) in [6.07, 6.45) is 0. The number of H-pyrrole nitrogens is 1. The molecule has 0 saturated carbocycles. The summed E-state index contributed by atoms with van der Waals surface area (Å²) in [4.78, 5) is 11.4. The molecule has 2 rings (SSSR count). The van der Waals surface area contributed by atoms with Crippen molar-refractivity contribution in [1.82, 2.24) is 10.2 Å². The van der Waals surface area contributed by atoms with Crippen LogP contribution in [0.4, 0.5) is 0 Å². The molecular weight excluding hydrogens is 218 g/mol. The highest BCUT2D eigenvalue weighted by Crippen LogP contribution is 2.27. The molecular formula is C9H8ClN3O2. The first-order valence-corrected chi connectivity index (χ1v) is 4.61. The number of hydrogen-bond donors (Lipinski definition) is 3. The van der Waals surface area contributed by atoms with Crippen molar-refractivity contribution in [2.24, 2.45) is 5.73 Å². The minimum atomic E-state index is -0.462. The number of nitrogens with two attached hydrogens (primary N) is 1. The molecule has 15 heavy (non-hydrogen) atoms. The summed E-state index contributed by atoms with van der Waals surface area (Å²) < 4.78 is 0. The van der Waals surface area contributed by atoms with Gasteiger partial charge in [-0.15, -0.1) is 0 Å². The maximum absolute atomic E-state index is 11.4. The Labute approximate surface area is 89.5 Å². The average molecular weight is 226 g/mol. The molecule has 5 nitrogen and oxygen atoms in total. The highest BCUT2D eigenvalue weighted by Gasteiger charge is 2.10. The number of nitrogens with zero attached hydrogens (tertiary/aromatic N) is 1. The first kappa shape index (κ1) is 9.95. The topological polar surface area (TPSA) is 92.0 Å². The molecule has 0 radical (unpaired) electrons. The van der Waals surface area contributed by atoms with Gasteiger partial charge in [-0.3, -0.25) is 4.79 Å². The lowest BCUT2D eigenvalue weighted by Crippen LogP contribution is -2.13. The molecule has 0 unspecified atom stereocenters. The van der Waals surface area contributed by atoms with E-state index in [1.54, 1.807) is 6.07 Å². The minimum absolute atomic E-state index is 0.160. The number of aromatic nitrogens is 2. The molecule has 0 aliphatic carbocycles. The molecule has 1 heterocycles. The molecule has 0 amide bonds. The average Bonchev–Trinajstić information content (AvgIpc) is 2.17. The molecule has 1 aromatic heterocycles. The van der Waals surface area contributed by atoms with Crippen LogP contribution in [0.2, 0.25) is 5.02 Å². The van der Waals surface area contributed by atoms with Gasteiger partial charge in [-0.2, -0.15) is 5.10 Å². The van der Waals surface area contributed by atoms with Crippen LogP contribution in [0.5, 0.6) is 5.75 Å². The Morgan fingerprint density at radius 2 is 2.27 bits per heavy atom. The zero-order valence-electron chi connectivity index (χ0n) is 7.62. The number of halogens is 1. The van der Waals surface area contributed by atoms with Gasteiger partial charge in [0.05, 0.1) is 11.1 Å². The van der Waals surface area contributed by atoms with E-state index in [4.69, 9.17) is 17.3 Å². The van der Waals surface area contributed by atoms with Crippen LogP contribution < -0.4 is 11.3 Å². The molecule has 0 saturated heterocycles. The van der Waals surface area contributed by atoms with E-state index < -0.39 is 5.56 Å². The van der Waals surface area contributed by atoms with Gasteiger partial charge in [0, 0.05) is 17.0 Å². The van der Waals surface area contributed by atoms with Crippen LogP contribution >= 0.6 is 11.6 Å². The number of fused-ring (bicyclic) bond motifs is 1. The molecule has 0 spiro atoms. The summed E-state index contributed by atoms with van der Waals surface area (Å²) in [5.41, 5.74) is 5.48. The Hall–Kier alpha value is -1.59. The number of nitrogens with one attached hydrogen (secondary N) is 1. The monoisotopic (exact) mass is 225 g/mol. The van der Waals surface area contributed by atoms with E-state index in [0.29, 0.717) is 16.1 Å². The highest BCUT2D eigenvalue weighted by atomic mass is 35.5. The van der Waals surface area contributed by atoms with E-state index in [1.807, 2.05) is 0 Å². The second-order valence-electron chi connectivity index (χ2n) is 3.05. The molecule has 78 valence electrons. The van der Waals surface area contributed by atoms with Gasteiger partial charge in [-0.25, -0.2) is 5.10 Å². The molecule has 0 atom stereocenters. The Morgan fingerprint density at radius 3 is 2.93 bits per heavy atom.